The molecule has 23 heavy (non-hydrogen) atoms. The predicted molar refractivity (Wildman–Crippen MR) is 94.8 cm³/mol. The van der Waals surface area contributed by atoms with Crippen LogP contribution in [0.2, 0.25) is 0 Å². The van der Waals surface area contributed by atoms with Gasteiger partial charge in [0.25, 0.3) is 0 Å². The van der Waals surface area contributed by atoms with Crippen LogP contribution in [0.25, 0.3) is 0 Å². The summed E-state index contributed by atoms with van der Waals surface area (Å²) in [7, 11) is 0. The van der Waals surface area contributed by atoms with Gasteiger partial charge in [-0.2, -0.15) is 0 Å². The summed E-state index contributed by atoms with van der Waals surface area (Å²) in [6, 6.07) is 0.236. The van der Waals surface area contributed by atoms with E-state index in [1.807, 2.05) is 18.5 Å². The number of aliphatic imine (C=N–C) groups is 4. The third-order valence-electron chi connectivity index (χ3n) is 4.41. The van der Waals surface area contributed by atoms with E-state index in [2.05, 4.69) is 48.4 Å². The highest BCUT2D eigenvalue weighted by Crippen LogP contribution is 2.28. The van der Waals surface area contributed by atoms with Crippen molar-refractivity contribution in [3.05, 3.63) is 35.6 Å². The molecule has 0 saturated carbocycles. The molecule has 4 heterocycles. The smallest absolute Gasteiger partial charge is 0.125 e. The van der Waals surface area contributed by atoms with Crippen molar-refractivity contribution in [3.8, 4) is 0 Å². The van der Waals surface area contributed by atoms with Crippen molar-refractivity contribution in [1.29, 1.82) is 0 Å². The van der Waals surface area contributed by atoms with Gasteiger partial charge in [-0.3, -0.25) is 20.0 Å². The van der Waals surface area contributed by atoms with E-state index >= 15 is 0 Å². The Hall–Kier alpha value is -2.34. The van der Waals surface area contributed by atoms with Crippen LogP contribution < -0.4 is 5.32 Å². The first-order valence-electron chi connectivity index (χ1n) is 8.04. The molecule has 6 heteroatoms. The highest BCUT2D eigenvalue weighted by molar-refractivity contribution is 6.16. The van der Waals surface area contributed by atoms with Crippen LogP contribution in [0.4, 0.5) is 0 Å². The lowest BCUT2D eigenvalue weighted by Crippen LogP contribution is -2.44. The third kappa shape index (κ3) is 2.82. The van der Waals surface area contributed by atoms with Gasteiger partial charge in [-0.1, -0.05) is 18.2 Å². The second-order valence-corrected chi connectivity index (χ2v) is 5.85. The second-order valence-electron chi connectivity index (χ2n) is 5.85. The van der Waals surface area contributed by atoms with Crippen LogP contribution in [-0.2, 0) is 0 Å². The number of nitrogens with one attached hydrogen (secondary N) is 1. The Morgan fingerprint density at radius 2 is 2.09 bits per heavy atom. The van der Waals surface area contributed by atoms with E-state index in [1.165, 1.54) is 11.3 Å². The lowest BCUT2D eigenvalue weighted by Gasteiger charge is -2.38. The average molecular weight is 308 g/mol. The summed E-state index contributed by atoms with van der Waals surface area (Å²) < 4.78 is 0. The minimum Gasteiger partial charge on any atom is -0.331 e. The van der Waals surface area contributed by atoms with E-state index in [0.29, 0.717) is 13.2 Å². The lowest BCUT2D eigenvalue weighted by molar-refractivity contribution is 0.246. The SMILES string of the molecule is C1=CCC(N2CN=CC(C3C=CCN3)=C2C2CN=CC=N2)N=C1. The molecule has 0 radical (unpaired) electrons. The van der Waals surface area contributed by atoms with E-state index in [-0.39, 0.29) is 18.2 Å². The molecule has 3 unspecified atom stereocenters. The molecular weight excluding hydrogens is 288 g/mol. The lowest BCUT2D eigenvalue weighted by atomic mass is 9.98. The number of hydrogen-bond donors (Lipinski definition) is 1. The van der Waals surface area contributed by atoms with Gasteiger partial charge >= 0.3 is 0 Å². The third-order valence-corrected chi connectivity index (χ3v) is 4.41. The molecule has 3 atom stereocenters. The molecule has 0 saturated heterocycles. The van der Waals surface area contributed by atoms with Gasteiger partial charge in [-0.05, 0) is 6.08 Å². The first-order chi connectivity index (χ1) is 11.4. The van der Waals surface area contributed by atoms with Gasteiger partial charge in [0.15, 0.2) is 0 Å². The highest BCUT2D eigenvalue weighted by Gasteiger charge is 2.32. The Balaban J connectivity index is 1.73. The van der Waals surface area contributed by atoms with E-state index in [4.69, 9.17) is 0 Å². The molecule has 0 spiro atoms. The molecule has 4 rings (SSSR count). The summed E-state index contributed by atoms with van der Waals surface area (Å²) in [5.74, 6) is 0. The van der Waals surface area contributed by atoms with E-state index in [9.17, 15) is 0 Å². The molecule has 4 aliphatic rings. The van der Waals surface area contributed by atoms with Crippen molar-refractivity contribution in [2.45, 2.75) is 24.7 Å². The Kier molecular flexibility index (Phi) is 3.98. The molecule has 0 amide bonds. The minimum absolute atomic E-state index is 0.0404. The van der Waals surface area contributed by atoms with Crippen LogP contribution in [0.3, 0.4) is 0 Å². The molecule has 0 fully saturated rings. The standard InChI is InChI=1S/C17H20N6/c1-2-6-22-16(5-1)23-12-19-10-13(14-4-3-7-20-14)17(23)15-11-18-8-9-21-15/h1-4,6,8-10,14-16,20H,5,7,11-12H2. The van der Waals surface area contributed by atoms with Gasteiger partial charge in [0, 0.05) is 43.4 Å². The Morgan fingerprint density at radius 3 is 2.83 bits per heavy atom. The highest BCUT2D eigenvalue weighted by atomic mass is 15.3. The van der Waals surface area contributed by atoms with Crippen molar-refractivity contribution >= 4 is 24.9 Å². The van der Waals surface area contributed by atoms with E-state index < -0.39 is 0 Å². The summed E-state index contributed by atoms with van der Waals surface area (Å²) in [6.45, 7) is 2.20. The molecule has 118 valence electrons. The topological polar surface area (TPSA) is 64.7 Å². The maximum atomic E-state index is 4.66. The van der Waals surface area contributed by atoms with Gasteiger partial charge in [0.05, 0.1) is 18.3 Å². The van der Waals surface area contributed by atoms with Crippen LogP contribution in [0.1, 0.15) is 6.42 Å². The fourth-order valence-electron chi connectivity index (χ4n) is 3.33. The van der Waals surface area contributed by atoms with E-state index in [0.717, 1.165) is 13.0 Å². The fourth-order valence-corrected chi connectivity index (χ4v) is 3.33. The Labute approximate surface area is 135 Å². The molecule has 4 aliphatic heterocycles. The molecule has 0 aromatic rings. The fraction of sp³-hybridized carbons (Fsp3) is 0.412. The summed E-state index contributed by atoms with van der Waals surface area (Å²) in [5.41, 5.74) is 2.39. The summed E-state index contributed by atoms with van der Waals surface area (Å²) >= 11 is 0. The number of hydrogen-bond acceptors (Lipinski definition) is 6. The van der Waals surface area contributed by atoms with Crippen molar-refractivity contribution in [2.24, 2.45) is 20.0 Å². The molecular formula is C17H20N6. The predicted octanol–water partition coefficient (Wildman–Crippen LogP) is 0.993. The molecule has 6 nitrogen and oxygen atoms in total. The summed E-state index contributed by atoms with van der Waals surface area (Å²) in [4.78, 5) is 20.6. The Bertz CT molecular complexity index is 667. The Morgan fingerprint density at radius 1 is 1.09 bits per heavy atom. The number of nitrogens with zero attached hydrogens (tertiary/aromatic N) is 5. The average Bonchev–Trinajstić information content (AvgIpc) is 3.17. The number of allylic oxidation sites excluding steroid dienone is 1. The zero-order valence-electron chi connectivity index (χ0n) is 12.9. The van der Waals surface area contributed by atoms with Crippen molar-refractivity contribution in [3.63, 3.8) is 0 Å². The van der Waals surface area contributed by atoms with Crippen molar-refractivity contribution in [1.82, 2.24) is 10.2 Å². The number of dihydropyridines is 1. The second kappa shape index (κ2) is 6.42. The van der Waals surface area contributed by atoms with Crippen molar-refractivity contribution in [2.75, 3.05) is 19.8 Å². The van der Waals surface area contributed by atoms with Crippen LogP contribution in [-0.4, -0.2) is 67.8 Å². The van der Waals surface area contributed by atoms with Gasteiger partial charge in [0.1, 0.15) is 18.9 Å². The first kappa shape index (κ1) is 14.3. The van der Waals surface area contributed by atoms with Crippen LogP contribution in [0, 0.1) is 0 Å². The van der Waals surface area contributed by atoms with Crippen LogP contribution in [0.5, 0.6) is 0 Å². The normalized spacial score (nSPS) is 32.3. The zero-order valence-corrected chi connectivity index (χ0v) is 12.9. The maximum absolute atomic E-state index is 4.66. The van der Waals surface area contributed by atoms with Crippen LogP contribution in [0.15, 0.2) is 55.5 Å². The van der Waals surface area contributed by atoms with Gasteiger partial charge in [-0.15, -0.1) is 0 Å². The van der Waals surface area contributed by atoms with Gasteiger partial charge < -0.3 is 10.2 Å². The van der Waals surface area contributed by atoms with E-state index in [1.54, 1.807) is 12.4 Å². The summed E-state index contributed by atoms with van der Waals surface area (Å²) in [6.07, 6.45) is 16.9. The zero-order chi connectivity index (χ0) is 15.5. The van der Waals surface area contributed by atoms with Crippen molar-refractivity contribution < 1.29 is 0 Å². The first-order valence-corrected chi connectivity index (χ1v) is 8.04. The molecule has 0 aliphatic carbocycles. The summed E-state index contributed by atoms with van der Waals surface area (Å²) in [5, 5.41) is 3.49. The van der Waals surface area contributed by atoms with Gasteiger partial charge in [0.2, 0.25) is 0 Å². The maximum Gasteiger partial charge on any atom is 0.125 e. The quantitative estimate of drug-likeness (QED) is 0.790. The molecule has 0 aromatic heterocycles. The van der Waals surface area contributed by atoms with Crippen LogP contribution >= 0.6 is 0 Å². The largest absolute Gasteiger partial charge is 0.331 e. The molecule has 0 bridgehead atoms. The minimum atomic E-state index is 0.0404. The number of rotatable bonds is 3. The monoisotopic (exact) mass is 308 g/mol. The molecule has 1 N–H and O–H groups in total. The molecule has 0 aromatic carbocycles. The van der Waals surface area contributed by atoms with Gasteiger partial charge in [-0.25, -0.2) is 0 Å².